The molecule has 0 aliphatic carbocycles. The number of esters is 1. The van der Waals surface area contributed by atoms with Gasteiger partial charge < -0.3 is 14.5 Å². The monoisotopic (exact) mass is 456 g/mol. The van der Waals surface area contributed by atoms with E-state index in [-0.39, 0.29) is 26.6 Å². The number of nitrogens with zero attached hydrogens (tertiary/aromatic N) is 1. The lowest BCUT2D eigenvalue weighted by Gasteiger charge is -2.17. The van der Waals surface area contributed by atoms with E-state index in [4.69, 9.17) is 44.0 Å². The molecule has 1 heterocycles. The summed E-state index contributed by atoms with van der Waals surface area (Å²) < 4.78 is 11.2. The SMILES string of the molecule is O=C(Oc1ccc(N(S)C(=O)Nc2cc(Cl)c(Cl)c(Cl)c2)cc1)c1ccco1. The first-order valence-electron chi connectivity index (χ1n) is 7.65. The van der Waals surface area contributed by atoms with Crippen LogP contribution >= 0.6 is 47.6 Å². The number of nitrogens with one attached hydrogen (secondary N) is 1. The van der Waals surface area contributed by atoms with E-state index in [0.717, 1.165) is 4.31 Å². The van der Waals surface area contributed by atoms with Crippen molar-refractivity contribution in [1.82, 2.24) is 0 Å². The molecule has 6 nitrogen and oxygen atoms in total. The maximum Gasteiger partial charge on any atom is 0.379 e. The minimum absolute atomic E-state index is 0.0829. The summed E-state index contributed by atoms with van der Waals surface area (Å²) in [5, 5.41) is 3.21. The van der Waals surface area contributed by atoms with Gasteiger partial charge in [-0.3, -0.25) is 0 Å². The van der Waals surface area contributed by atoms with Crippen molar-refractivity contribution in [2.75, 3.05) is 9.62 Å². The third-order valence-corrected chi connectivity index (χ3v) is 5.05. The molecule has 0 aliphatic heterocycles. The van der Waals surface area contributed by atoms with Gasteiger partial charge in [-0.1, -0.05) is 47.6 Å². The predicted octanol–water partition coefficient (Wildman–Crippen LogP) is 6.34. The Hall–Kier alpha value is -2.32. The van der Waals surface area contributed by atoms with E-state index in [1.807, 2.05) is 0 Å². The van der Waals surface area contributed by atoms with Crippen LogP contribution in [-0.2, 0) is 0 Å². The van der Waals surface area contributed by atoms with Crippen molar-refractivity contribution in [2.45, 2.75) is 0 Å². The Kier molecular flexibility index (Phi) is 6.41. The van der Waals surface area contributed by atoms with Gasteiger partial charge in [0, 0.05) is 5.69 Å². The Morgan fingerprint density at radius 2 is 1.68 bits per heavy atom. The fourth-order valence-corrected chi connectivity index (χ4v) is 2.91. The number of hydrogen-bond donors (Lipinski definition) is 2. The van der Waals surface area contributed by atoms with Gasteiger partial charge in [0.1, 0.15) is 5.75 Å². The van der Waals surface area contributed by atoms with Crippen molar-refractivity contribution < 1.29 is 18.7 Å². The summed E-state index contributed by atoms with van der Waals surface area (Å²) >= 11 is 22.0. The van der Waals surface area contributed by atoms with Gasteiger partial charge in [0.15, 0.2) is 0 Å². The van der Waals surface area contributed by atoms with Crippen LogP contribution in [0.25, 0.3) is 0 Å². The van der Waals surface area contributed by atoms with Gasteiger partial charge in [-0.15, -0.1) is 0 Å². The molecule has 0 spiro atoms. The minimum atomic E-state index is -0.630. The van der Waals surface area contributed by atoms with Gasteiger partial charge in [-0.2, -0.15) is 0 Å². The van der Waals surface area contributed by atoms with Crippen LogP contribution in [0.1, 0.15) is 10.6 Å². The van der Waals surface area contributed by atoms with E-state index in [1.165, 1.54) is 36.6 Å². The zero-order valence-corrected chi connectivity index (χ0v) is 17.0. The highest BCUT2D eigenvalue weighted by Gasteiger charge is 2.16. The van der Waals surface area contributed by atoms with Crippen molar-refractivity contribution in [3.8, 4) is 5.75 Å². The number of benzene rings is 2. The second-order valence-electron chi connectivity index (χ2n) is 5.36. The van der Waals surface area contributed by atoms with Gasteiger partial charge in [-0.25, -0.2) is 13.9 Å². The summed E-state index contributed by atoms with van der Waals surface area (Å²) in [5.74, 6) is -0.266. The first kappa shape index (κ1) is 20.4. The molecular formula is C18H11Cl3N2O4S. The quantitative estimate of drug-likeness (QED) is 0.207. The lowest BCUT2D eigenvalue weighted by atomic mass is 10.3. The Bertz CT molecular complexity index is 987. The molecule has 0 bridgehead atoms. The number of thiol groups is 1. The molecule has 10 heteroatoms. The average Bonchev–Trinajstić information content (AvgIpc) is 3.21. The molecule has 0 saturated heterocycles. The van der Waals surface area contributed by atoms with Gasteiger partial charge in [0.05, 0.1) is 27.0 Å². The van der Waals surface area contributed by atoms with Crippen molar-refractivity contribution in [1.29, 1.82) is 0 Å². The number of carbonyl (C=O) groups excluding carboxylic acids is 2. The molecule has 0 aliphatic rings. The molecule has 28 heavy (non-hydrogen) atoms. The average molecular weight is 458 g/mol. The molecular weight excluding hydrogens is 447 g/mol. The summed E-state index contributed by atoms with van der Waals surface area (Å²) in [7, 11) is 0. The van der Waals surface area contributed by atoms with Crippen LogP contribution in [0.4, 0.5) is 16.2 Å². The molecule has 144 valence electrons. The molecule has 0 unspecified atom stereocenters. The lowest BCUT2D eigenvalue weighted by molar-refractivity contribution is 0.0701. The third kappa shape index (κ3) is 4.74. The largest absolute Gasteiger partial charge is 0.457 e. The number of rotatable bonds is 4. The standard InChI is InChI=1S/C18H11Cl3N2O4S/c19-13-8-10(9-14(20)16(13)21)22-18(25)23(28)11-3-5-12(6-4-11)27-17(24)15-2-1-7-26-15/h1-9,28H,(H,22,25). The summed E-state index contributed by atoms with van der Waals surface area (Å²) in [4.78, 5) is 24.2. The van der Waals surface area contributed by atoms with Crippen molar-refractivity contribution in [2.24, 2.45) is 0 Å². The second-order valence-corrected chi connectivity index (χ2v) is 6.95. The van der Waals surface area contributed by atoms with Gasteiger partial charge in [-0.05, 0) is 48.5 Å². The number of hydrogen-bond acceptors (Lipinski definition) is 5. The molecule has 0 saturated carbocycles. The molecule has 1 aromatic heterocycles. The summed E-state index contributed by atoms with van der Waals surface area (Å²) in [5.41, 5.74) is 0.789. The molecule has 2 amide bonds. The van der Waals surface area contributed by atoms with Crippen LogP contribution in [0, 0.1) is 0 Å². The minimum Gasteiger partial charge on any atom is -0.457 e. The maximum atomic E-state index is 12.4. The zero-order chi connectivity index (χ0) is 20.3. The Balaban J connectivity index is 1.66. The van der Waals surface area contributed by atoms with E-state index >= 15 is 0 Å². The first-order valence-corrected chi connectivity index (χ1v) is 9.19. The number of furan rings is 1. The second kappa shape index (κ2) is 8.79. The molecule has 0 radical (unpaired) electrons. The molecule has 1 N–H and O–H groups in total. The Labute approximate surface area is 180 Å². The lowest BCUT2D eigenvalue weighted by Crippen LogP contribution is -2.26. The van der Waals surface area contributed by atoms with E-state index in [0.29, 0.717) is 11.4 Å². The number of ether oxygens (including phenoxy) is 1. The number of anilines is 2. The number of amides is 2. The highest BCUT2D eigenvalue weighted by atomic mass is 35.5. The summed E-state index contributed by atoms with van der Waals surface area (Å²) in [6.07, 6.45) is 1.37. The Morgan fingerprint density at radius 1 is 1.04 bits per heavy atom. The van der Waals surface area contributed by atoms with E-state index in [1.54, 1.807) is 18.2 Å². The maximum absolute atomic E-state index is 12.4. The Morgan fingerprint density at radius 3 is 2.25 bits per heavy atom. The molecule has 3 rings (SSSR count). The van der Waals surface area contributed by atoms with Crippen LogP contribution in [0.2, 0.25) is 15.1 Å². The first-order chi connectivity index (χ1) is 13.3. The van der Waals surface area contributed by atoms with Gasteiger partial charge in [0.2, 0.25) is 5.76 Å². The summed E-state index contributed by atoms with van der Waals surface area (Å²) in [6.45, 7) is 0. The summed E-state index contributed by atoms with van der Waals surface area (Å²) in [6, 6.07) is 11.6. The van der Waals surface area contributed by atoms with Crippen LogP contribution in [0.15, 0.2) is 59.2 Å². The molecule has 3 aromatic rings. The predicted molar refractivity (Wildman–Crippen MR) is 112 cm³/mol. The molecule has 0 atom stereocenters. The van der Waals surface area contributed by atoms with Gasteiger partial charge in [0.25, 0.3) is 0 Å². The highest BCUT2D eigenvalue weighted by molar-refractivity contribution is 7.82. The fourth-order valence-electron chi connectivity index (χ4n) is 2.13. The van der Waals surface area contributed by atoms with Crippen LogP contribution in [-0.4, -0.2) is 12.0 Å². The van der Waals surface area contributed by atoms with Crippen LogP contribution in [0.3, 0.4) is 0 Å². The van der Waals surface area contributed by atoms with E-state index in [2.05, 4.69) is 18.1 Å². The van der Waals surface area contributed by atoms with E-state index < -0.39 is 12.0 Å². The normalized spacial score (nSPS) is 10.4. The van der Waals surface area contributed by atoms with Crippen LogP contribution in [0.5, 0.6) is 5.75 Å². The van der Waals surface area contributed by atoms with Crippen molar-refractivity contribution in [3.63, 3.8) is 0 Å². The van der Waals surface area contributed by atoms with Crippen molar-refractivity contribution >= 4 is 71.0 Å². The van der Waals surface area contributed by atoms with Gasteiger partial charge >= 0.3 is 12.0 Å². The zero-order valence-electron chi connectivity index (χ0n) is 13.9. The van der Waals surface area contributed by atoms with Crippen molar-refractivity contribution in [3.05, 3.63) is 75.6 Å². The molecule has 2 aromatic carbocycles. The highest BCUT2D eigenvalue weighted by Crippen LogP contribution is 2.33. The topological polar surface area (TPSA) is 71.8 Å². The number of urea groups is 1. The number of halogens is 3. The van der Waals surface area contributed by atoms with E-state index in [9.17, 15) is 9.59 Å². The number of carbonyl (C=O) groups is 2. The third-order valence-electron chi connectivity index (χ3n) is 3.44. The van der Waals surface area contributed by atoms with Crippen LogP contribution < -0.4 is 14.4 Å². The fraction of sp³-hybridized carbons (Fsp3) is 0. The molecule has 0 fully saturated rings. The smallest absolute Gasteiger partial charge is 0.379 e.